The van der Waals surface area contributed by atoms with E-state index in [0.29, 0.717) is 6.42 Å². The van der Waals surface area contributed by atoms with Crippen LogP contribution in [-0.4, -0.2) is 23.3 Å². The van der Waals surface area contributed by atoms with Crippen LogP contribution in [-0.2, 0) is 9.53 Å². The Balaban J connectivity index is 2.88. The Hall–Kier alpha value is -0.570. The van der Waals surface area contributed by atoms with Crippen molar-refractivity contribution in [2.45, 2.75) is 39.4 Å². The molecule has 1 aliphatic rings. The number of carbonyl (C=O) groups is 1. The first kappa shape index (κ1) is 8.05. The zero-order chi connectivity index (χ0) is 10.2. The van der Waals surface area contributed by atoms with Crippen LogP contribution < -0.4 is 0 Å². The molecule has 0 unspecified atom stereocenters. The Morgan fingerprint density at radius 3 is 2.75 bits per heavy atom. The van der Waals surface area contributed by atoms with Gasteiger partial charge in [0.2, 0.25) is 0 Å². The Kier molecular flexibility index (Phi) is 2.30. The summed E-state index contributed by atoms with van der Waals surface area (Å²) in [6.07, 6.45) is -0.861. The Morgan fingerprint density at radius 1 is 1.67 bits per heavy atom. The van der Waals surface area contributed by atoms with Crippen molar-refractivity contribution in [3.05, 3.63) is 0 Å². The van der Waals surface area contributed by atoms with Crippen molar-refractivity contribution < 1.29 is 16.0 Å². The van der Waals surface area contributed by atoms with E-state index in [2.05, 4.69) is 0 Å². The highest BCUT2D eigenvalue weighted by atomic mass is 16.5. The molecule has 3 nitrogen and oxygen atoms in total. The summed E-state index contributed by atoms with van der Waals surface area (Å²) in [6.45, 7) is 5.04. The second-order valence-electron chi connectivity index (χ2n) is 3.31. The van der Waals surface area contributed by atoms with E-state index < -0.39 is 30.0 Å². The van der Waals surface area contributed by atoms with Crippen molar-refractivity contribution >= 4 is 5.97 Å². The van der Waals surface area contributed by atoms with Gasteiger partial charge in [-0.3, -0.25) is 4.79 Å². The van der Waals surface area contributed by atoms with Crippen molar-refractivity contribution in [3.63, 3.8) is 0 Å². The van der Waals surface area contributed by atoms with Crippen molar-refractivity contribution in [2.24, 2.45) is 11.8 Å². The predicted octanol–water partition coefficient (Wildman–Crippen LogP) is 0.955. The number of rotatable bonds is 1. The highest BCUT2D eigenvalue weighted by molar-refractivity contribution is 5.73. The molecule has 12 heavy (non-hydrogen) atoms. The molecule has 0 bridgehead atoms. The molecule has 0 amide bonds. The smallest absolute Gasteiger partial charge is 0.311 e. The average molecular weight is 173 g/mol. The van der Waals surface area contributed by atoms with Gasteiger partial charge in [0.15, 0.2) is 0 Å². The molecule has 0 aliphatic carbocycles. The second-order valence-corrected chi connectivity index (χ2v) is 3.31. The third-order valence-corrected chi connectivity index (χ3v) is 2.45. The van der Waals surface area contributed by atoms with Crippen LogP contribution in [0.1, 0.15) is 28.6 Å². The predicted molar refractivity (Wildman–Crippen MR) is 44.5 cm³/mol. The second kappa shape index (κ2) is 3.44. The average Bonchev–Trinajstić information content (AvgIpc) is 2.08. The summed E-state index contributed by atoms with van der Waals surface area (Å²) in [5.41, 5.74) is 0. The maximum atomic E-state index is 11.2. The first-order chi connectivity index (χ1) is 5.91. The molecule has 1 aliphatic heterocycles. The first-order valence-electron chi connectivity index (χ1n) is 4.79. The minimum atomic E-state index is -1.08. The molecule has 70 valence electrons. The third-order valence-electron chi connectivity index (χ3n) is 2.45. The molecule has 0 aromatic carbocycles. The third kappa shape index (κ3) is 1.46. The fourth-order valence-corrected chi connectivity index (χ4v) is 1.46. The molecule has 4 atom stereocenters. The van der Waals surface area contributed by atoms with E-state index in [1.54, 1.807) is 13.8 Å². The summed E-state index contributed by atoms with van der Waals surface area (Å²) in [6, 6.07) is 0. The van der Waals surface area contributed by atoms with Gasteiger partial charge in [0.05, 0.1) is 12.0 Å². The van der Waals surface area contributed by atoms with Gasteiger partial charge in [0, 0.05) is 7.26 Å². The van der Waals surface area contributed by atoms with Gasteiger partial charge in [-0.05, 0) is 13.3 Å². The van der Waals surface area contributed by atoms with Crippen LogP contribution in [0.2, 0.25) is 0 Å². The standard InChI is InChI=1S/C9H16O3/c1-4-7-5(2)8(10)6(3)9(11)12-7/h5-8,10H,4H2,1-3H3/t5-,6+,7+,8-/m0/s1/i5D. The number of hydrogen-bond acceptors (Lipinski definition) is 3. The monoisotopic (exact) mass is 173 g/mol. The molecule has 1 saturated heterocycles. The van der Waals surface area contributed by atoms with Crippen LogP contribution in [0.25, 0.3) is 0 Å². The van der Waals surface area contributed by atoms with Gasteiger partial charge < -0.3 is 9.84 Å². The quantitative estimate of drug-likeness (QED) is 0.601. The number of carbonyl (C=O) groups excluding carboxylic acids is 1. The van der Waals surface area contributed by atoms with Crippen LogP contribution in [0.15, 0.2) is 0 Å². The minimum Gasteiger partial charge on any atom is -0.462 e. The molecule has 1 N–H and O–H groups in total. The van der Waals surface area contributed by atoms with Crippen molar-refractivity contribution in [3.8, 4) is 0 Å². The number of esters is 1. The molecule has 0 spiro atoms. The van der Waals surface area contributed by atoms with Crippen LogP contribution in [0, 0.1) is 11.8 Å². The molecule has 3 heteroatoms. The fourth-order valence-electron chi connectivity index (χ4n) is 1.46. The zero-order valence-electron chi connectivity index (χ0n) is 8.70. The van der Waals surface area contributed by atoms with Gasteiger partial charge in [-0.1, -0.05) is 13.8 Å². The number of aliphatic hydroxyl groups is 1. The van der Waals surface area contributed by atoms with E-state index in [-0.39, 0.29) is 0 Å². The lowest BCUT2D eigenvalue weighted by molar-refractivity contribution is -0.177. The topological polar surface area (TPSA) is 46.5 Å². The minimum absolute atomic E-state index is 0.399. The lowest BCUT2D eigenvalue weighted by Crippen LogP contribution is -2.46. The molecule has 0 saturated carbocycles. The zero-order valence-corrected chi connectivity index (χ0v) is 7.70. The van der Waals surface area contributed by atoms with Crippen LogP contribution in [0.4, 0.5) is 0 Å². The van der Waals surface area contributed by atoms with Crippen LogP contribution >= 0.6 is 0 Å². The lowest BCUT2D eigenvalue weighted by Gasteiger charge is -2.35. The molecule has 1 rings (SSSR count). The highest BCUT2D eigenvalue weighted by Gasteiger charge is 2.39. The highest BCUT2D eigenvalue weighted by Crippen LogP contribution is 2.27. The fraction of sp³-hybridized carbons (Fsp3) is 0.889. The van der Waals surface area contributed by atoms with Gasteiger partial charge >= 0.3 is 5.97 Å². The summed E-state index contributed by atoms with van der Waals surface area (Å²) in [4.78, 5) is 11.2. The van der Waals surface area contributed by atoms with Gasteiger partial charge in [-0.25, -0.2) is 0 Å². The van der Waals surface area contributed by atoms with Gasteiger partial charge in [0.25, 0.3) is 0 Å². The van der Waals surface area contributed by atoms with E-state index in [1.807, 2.05) is 6.92 Å². The Bertz CT molecular complexity index is 211. The van der Waals surface area contributed by atoms with Crippen molar-refractivity contribution in [2.75, 3.05) is 0 Å². The maximum Gasteiger partial charge on any atom is 0.311 e. The first-order valence-corrected chi connectivity index (χ1v) is 4.29. The van der Waals surface area contributed by atoms with E-state index in [4.69, 9.17) is 6.11 Å². The largest absolute Gasteiger partial charge is 0.462 e. The molecule has 0 radical (unpaired) electrons. The SMILES string of the molecule is [2H][C@@]1(C)[C@H](O)[C@@H](C)C(=O)O[C@@H]1CC. The lowest BCUT2D eigenvalue weighted by atomic mass is 9.85. The maximum absolute atomic E-state index is 11.2. The van der Waals surface area contributed by atoms with Crippen molar-refractivity contribution in [1.29, 1.82) is 0 Å². The summed E-state index contributed by atoms with van der Waals surface area (Å²) in [5.74, 6) is -2.07. The van der Waals surface area contributed by atoms with Gasteiger partial charge in [0.1, 0.15) is 6.10 Å². The molecule has 0 aromatic heterocycles. The van der Waals surface area contributed by atoms with Crippen LogP contribution in [0.5, 0.6) is 0 Å². The summed E-state index contributed by atoms with van der Waals surface area (Å²) < 4.78 is 12.9. The molecular weight excluding hydrogens is 156 g/mol. The summed E-state index contributed by atoms with van der Waals surface area (Å²) >= 11 is 0. The number of ether oxygens (including phenoxy) is 1. The van der Waals surface area contributed by atoms with Gasteiger partial charge in [-0.2, -0.15) is 0 Å². The van der Waals surface area contributed by atoms with E-state index in [9.17, 15) is 9.90 Å². The van der Waals surface area contributed by atoms with Crippen LogP contribution in [0.3, 0.4) is 0 Å². The van der Waals surface area contributed by atoms with E-state index in [0.717, 1.165) is 0 Å². The number of hydrogen-bond donors (Lipinski definition) is 1. The molecule has 1 heterocycles. The van der Waals surface area contributed by atoms with Crippen molar-refractivity contribution in [1.82, 2.24) is 0 Å². The normalized spacial score (nSPS) is 49.8. The van der Waals surface area contributed by atoms with E-state index >= 15 is 0 Å². The Labute approximate surface area is 74.1 Å². The van der Waals surface area contributed by atoms with Gasteiger partial charge in [-0.15, -0.1) is 0 Å². The molecule has 1 fully saturated rings. The summed E-state index contributed by atoms with van der Waals surface area (Å²) in [5, 5.41) is 9.69. The summed E-state index contributed by atoms with van der Waals surface area (Å²) in [7, 11) is 0. The number of aliphatic hydroxyl groups excluding tert-OH is 1. The van der Waals surface area contributed by atoms with E-state index in [1.165, 1.54) is 0 Å². The molecule has 0 aromatic rings. The Morgan fingerprint density at radius 2 is 2.25 bits per heavy atom. The molecular formula is C9H16O3. The number of cyclic esters (lactones) is 1.